The Balaban J connectivity index is 2.19. The molecule has 0 heterocycles. The average molecular weight is 276 g/mol. The number of ether oxygens (including phenoxy) is 2. The molecule has 0 unspecified atom stereocenters. The summed E-state index contributed by atoms with van der Waals surface area (Å²) in [6, 6.07) is 10.9. The van der Waals surface area contributed by atoms with Crippen molar-refractivity contribution < 1.29 is 23.8 Å². The molecule has 5 heteroatoms. The molecule has 0 bridgehead atoms. The lowest BCUT2D eigenvalue weighted by molar-refractivity contribution is 0.0691. The fourth-order valence-electron chi connectivity index (χ4n) is 1.75. The molecular weight excluding hydrogens is 263 g/mol. The van der Waals surface area contributed by atoms with Crippen LogP contribution in [0, 0.1) is 5.82 Å². The van der Waals surface area contributed by atoms with Crippen LogP contribution in [0.15, 0.2) is 42.5 Å². The zero-order chi connectivity index (χ0) is 14.5. The van der Waals surface area contributed by atoms with Gasteiger partial charge in [0.05, 0.1) is 7.11 Å². The molecule has 20 heavy (non-hydrogen) atoms. The number of methoxy groups -OCH3 is 1. The molecule has 0 aromatic heterocycles. The van der Waals surface area contributed by atoms with Crippen LogP contribution in [-0.2, 0) is 6.61 Å². The van der Waals surface area contributed by atoms with Crippen molar-refractivity contribution in [1.29, 1.82) is 0 Å². The summed E-state index contributed by atoms with van der Waals surface area (Å²) in [6.45, 7) is -0.0761. The van der Waals surface area contributed by atoms with Gasteiger partial charge in [-0.05, 0) is 18.2 Å². The third-order valence-electron chi connectivity index (χ3n) is 2.76. The number of carbonyl (C=O) groups is 1. The second-order valence-electron chi connectivity index (χ2n) is 4.02. The molecule has 2 aromatic rings. The van der Waals surface area contributed by atoms with Gasteiger partial charge < -0.3 is 14.6 Å². The van der Waals surface area contributed by atoms with E-state index < -0.39 is 11.8 Å². The zero-order valence-corrected chi connectivity index (χ0v) is 10.8. The van der Waals surface area contributed by atoms with Crippen molar-refractivity contribution in [3.63, 3.8) is 0 Å². The van der Waals surface area contributed by atoms with Crippen LogP contribution >= 0.6 is 0 Å². The maximum absolute atomic E-state index is 13.9. The molecule has 2 rings (SSSR count). The van der Waals surface area contributed by atoms with Crippen molar-refractivity contribution in [3.05, 3.63) is 59.4 Å². The molecule has 1 N–H and O–H groups in total. The summed E-state index contributed by atoms with van der Waals surface area (Å²) < 4.78 is 24.2. The molecule has 0 saturated carbocycles. The smallest absolute Gasteiger partial charge is 0.339 e. The minimum atomic E-state index is -1.09. The number of benzene rings is 2. The third kappa shape index (κ3) is 2.88. The van der Waals surface area contributed by atoms with E-state index in [-0.39, 0.29) is 23.7 Å². The first kappa shape index (κ1) is 13.9. The summed E-state index contributed by atoms with van der Waals surface area (Å²) >= 11 is 0. The molecule has 0 saturated heterocycles. The molecule has 0 atom stereocenters. The van der Waals surface area contributed by atoms with Gasteiger partial charge in [-0.25, -0.2) is 9.18 Å². The van der Waals surface area contributed by atoms with E-state index in [9.17, 15) is 9.18 Å². The van der Waals surface area contributed by atoms with Crippen LogP contribution in [0.2, 0.25) is 0 Å². The van der Waals surface area contributed by atoms with Crippen molar-refractivity contribution in [2.75, 3.05) is 7.11 Å². The Morgan fingerprint density at radius 2 is 1.85 bits per heavy atom. The fourth-order valence-corrected chi connectivity index (χ4v) is 1.75. The van der Waals surface area contributed by atoms with Crippen LogP contribution in [0.1, 0.15) is 15.9 Å². The second kappa shape index (κ2) is 6.06. The van der Waals surface area contributed by atoms with Gasteiger partial charge in [0, 0.05) is 5.56 Å². The van der Waals surface area contributed by atoms with E-state index in [1.807, 2.05) is 0 Å². The number of carboxylic acid groups (broad SMARTS) is 1. The lowest BCUT2D eigenvalue weighted by Crippen LogP contribution is -2.04. The molecule has 0 radical (unpaired) electrons. The first-order valence-corrected chi connectivity index (χ1v) is 5.90. The standard InChI is InChI=1S/C15H13FO4/c1-19-13-8-4-5-10(14(13)16)9-20-12-7-3-2-6-11(12)15(17)18/h2-8H,9H2,1H3,(H,17,18). The van der Waals surface area contributed by atoms with Crippen LogP contribution in [-0.4, -0.2) is 18.2 Å². The maximum atomic E-state index is 13.9. The van der Waals surface area contributed by atoms with Crippen molar-refractivity contribution in [1.82, 2.24) is 0 Å². The van der Waals surface area contributed by atoms with E-state index >= 15 is 0 Å². The summed E-state index contributed by atoms with van der Waals surface area (Å²) in [5.41, 5.74) is 0.334. The van der Waals surface area contributed by atoms with Crippen LogP contribution in [0.4, 0.5) is 4.39 Å². The summed E-state index contributed by atoms with van der Waals surface area (Å²) in [6.07, 6.45) is 0. The van der Waals surface area contributed by atoms with E-state index in [0.29, 0.717) is 5.56 Å². The molecule has 4 nitrogen and oxygen atoms in total. The SMILES string of the molecule is COc1cccc(COc2ccccc2C(=O)O)c1F. The summed E-state index contributed by atoms with van der Waals surface area (Å²) in [5.74, 6) is -1.28. The Morgan fingerprint density at radius 1 is 1.15 bits per heavy atom. The number of hydrogen-bond donors (Lipinski definition) is 1. The number of para-hydroxylation sites is 1. The Hall–Kier alpha value is -2.56. The van der Waals surface area contributed by atoms with E-state index in [1.165, 1.54) is 25.3 Å². The Morgan fingerprint density at radius 3 is 2.55 bits per heavy atom. The number of halogens is 1. The molecule has 0 fully saturated rings. The fraction of sp³-hybridized carbons (Fsp3) is 0.133. The van der Waals surface area contributed by atoms with Gasteiger partial charge in [0.2, 0.25) is 0 Å². The van der Waals surface area contributed by atoms with Gasteiger partial charge >= 0.3 is 5.97 Å². The lowest BCUT2D eigenvalue weighted by atomic mass is 10.2. The number of aromatic carboxylic acids is 1. The van der Waals surface area contributed by atoms with Crippen molar-refractivity contribution >= 4 is 5.97 Å². The number of carboxylic acids is 1. The normalized spacial score (nSPS) is 10.1. The predicted octanol–water partition coefficient (Wildman–Crippen LogP) is 3.11. The minimum Gasteiger partial charge on any atom is -0.494 e. The van der Waals surface area contributed by atoms with Crippen LogP contribution in [0.3, 0.4) is 0 Å². The summed E-state index contributed by atoms with van der Waals surface area (Å²) in [5, 5.41) is 9.03. The molecule has 0 aliphatic carbocycles. The third-order valence-corrected chi connectivity index (χ3v) is 2.76. The van der Waals surface area contributed by atoms with E-state index in [4.69, 9.17) is 14.6 Å². The van der Waals surface area contributed by atoms with Gasteiger partial charge in [-0.15, -0.1) is 0 Å². The van der Waals surface area contributed by atoms with E-state index in [2.05, 4.69) is 0 Å². The van der Waals surface area contributed by atoms with Crippen molar-refractivity contribution in [2.24, 2.45) is 0 Å². The highest BCUT2D eigenvalue weighted by Gasteiger charge is 2.12. The molecule has 0 amide bonds. The minimum absolute atomic E-state index is 0.0378. The monoisotopic (exact) mass is 276 g/mol. The quantitative estimate of drug-likeness (QED) is 0.911. The van der Waals surface area contributed by atoms with Gasteiger partial charge in [-0.3, -0.25) is 0 Å². The summed E-state index contributed by atoms with van der Waals surface area (Å²) in [4.78, 5) is 11.0. The zero-order valence-electron chi connectivity index (χ0n) is 10.8. The molecule has 0 spiro atoms. The Labute approximate surface area is 115 Å². The molecule has 0 aliphatic rings. The highest BCUT2D eigenvalue weighted by atomic mass is 19.1. The van der Waals surface area contributed by atoms with Gasteiger partial charge in [0.1, 0.15) is 17.9 Å². The second-order valence-corrected chi connectivity index (χ2v) is 4.02. The lowest BCUT2D eigenvalue weighted by Gasteiger charge is -2.11. The molecular formula is C15H13FO4. The molecule has 2 aromatic carbocycles. The first-order chi connectivity index (χ1) is 9.63. The topological polar surface area (TPSA) is 55.8 Å². The largest absolute Gasteiger partial charge is 0.494 e. The highest BCUT2D eigenvalue weighted by molar-refractivity contribution is 5.90. The van der Waals surface area contributed by atoms with Crippen LogP contribution in [0.5, 0.6) is 11.5 Å². The summed E-state index contributed by atoms with van der Waals surface area (Å²) in [7, 11) is 1.38. The van der Waals surface area contributed by atoms with Crippen molar-refractivity contribution in [2.45, 2.75) is 6.61 Å². The number of hydrogen-bond acceptors (Lipinski definition) is 3. The Kier molecular flexibility index (Phi) is 4.20. The van der Waals surface area contributed by atoms with Crippen LogP contribution < -0.4 is 9.47 Å². The van der Waals surface area contributed by atoms with Gasteiger partial charge in [-0.1, -0.05) is 24.3 Å². The predicted molar refractivity (Wildman–Crippen MR) is 70.7 cm³/mol. The average Bonchev–Trinajstić information content (AvgIpc) is 2.46. The van der Waals surface area contributed by atoms with Gasteiger partial charge in [-0.2, -0.15) is 0 Å². The van der Waals surface area contributed by atoms with Crippen LogP contribution in [0.25, 0.3) is 0 Å². The van der Waals surface area contributed by atoms with Gasteiger partial charge in [0.25, 0.3) is 0 Å². The van der Waals surface area contributed by atoms with E-state index in [1.54, 1.807) is 24.3 Å². The van der Waals surface area contributed by atoms with Crippen molar-refractivity contribution in [3.8, 4) is 11.5 Å². The van der Waals surface area contributed by atoms with Gasteiger partial charge in [0.15, 0.2) is 11.6 Å². The maximum Gasteiger partial charge on any atom is 0.339 e. The number of rotatable bonds is 5. The van der Waals surface area contributed by atoms with E-state index in [0.717, 1.165) is 0 Å². The highest BCUT2D eigenvalue weighted by Crippen LogP contribution is 2.23. The first-order valence-electron chi connectivity index (χ1n) is 5.90. The molecule has 0 aliphatic heterocycles. The Bertz CT molecular complexity index is 625. The molecule has 104 valence electrons.